The van der Waals surface area contributed by atoms with Crippen molar-refractivity contribution in [2.24, 2.45) is 5.73 Å². The number of benzene rings is 1. The molecule has 0 saturated carbocycles. The number of aromatic nitrogens is 2. The SMILES string of the molecule is CC(Cl)c1nc2cc(Cl)c(Cl)cc2n1C(C)(C)C(N)=O. The van der Waals surface area contributed by atoms with E-state index < -0.39 is 16.8 Å². The Bertz CT molecular complexity index is 692. The molecule has 0 aliphatic rings. The molecule has 0 spiro atoms. The zero-order valence-corrected chi connectivity index (χ0v) is 13.5. The lowest BCUT2D eigenvalue weighted by molar-refractivity contribution is -0.125. The van der Waals surface area contributed by atoms with Gasteiger partial charge < -0.3 is 10.3 Å². The summed E-state index contributed by atoms with van der Waals surface area (Å²) < 4.78 is 1.71. The van der Waals surface area contributed by atoms with Crippen molar-refractivity contribution in [3.8, 4) is 0 Å². The normalized spacial score (nSPS) is 13.7. The van der Waals surface area contributed by atoms with Crippen LogP contribution in [0.3, 0.4) is 0 Å². The summed E-state index contributed by atoms with van der Waals surface area (Å²) in [4.78, 5) is 16.2. The van der Waals surface area contributed by atoms with Gasteiger partial charge in [-0.2, -0.15) is 0 Å². The molecule has 1 atom stereocenters. The Balaban J connectivity index is 2.89. The third kappa shape index (κ3) is 2.36. The Kier molecular flexibility index (Phi) is 3.93. The maximum absolute atomic E-state index is 11.8. The summed E-state index contributed by atoms with van der Waals surface area (Å²) in [6.45, 7) is 5.20. The van der Waals surface area contributed by atoms with Crippen LogP contribution in [0.1, 0.15) is 32.0 Å². The number of hydrogen-bond acceptors (Lipinski definition) is 2. The Hall–Kier alpha value is -0.970. The van der Waals surface area contributed by atoms with Crippen LogP contribution in [-0.2, 0) is 10.3 Å². The molecular formula is C13H14Cl3N3O. The molecule has 7 heteroatoms. The van der Waals surface area contributed by atoms with Gasteiger partial charge in [-0.15, -0.1) is 11.6 Å². The molecule has 0 radical (unpaired) electrons. The molecule has 1 aromatic heterocycles. The highest BCUT2D eigenvalue weighted by Gasteiger charge is 2.33. The van der Waals surface area contributed by atoms with E-state index in [1.807, 2.05) is 0 Å². The van der Waals surface area contributed by atoms with Gasteiger partial charge in [0.2, 0.25) is 5.91 Å². The number of carbonyl (C=O) groups is 1. The highest BCUT2D eigenvalue weighted by Crippen LogP contribution is 2.34. The molecule has 2 N–H and O–H groups in total. The van der Waals surface area contributed by atoms with Gasteiger partial charge in [0.1, 0.15) is 11.4 Å². The summed E-state index contributed by atoms with van der Waals surface area (Å²) in [5.74, 6) is 0.0604. The van der Waals surface area contributed by atoms with Crippen molar-refractivity contribution in [1.82, 2.24) is 9.55 Å². The summed E-state index contributed by atoms with van der Waals surface area (Å²) in [5.41, 5.74) is 5.81. The Morgan fingerprint density at radius 2 is 1.90 bits per heavy atom. The highest BCUT2D eigenvalue weighted by atomic mass is 35.5. The molecule has 2 rings (SSSR count). The first kappa shape index (κ1) is 15.4. The van der Waals surface area contributed by atoms with Crippen molar-refractivity contribution in [2.75, 3.05) is 0 Å². The molecule has 0 bridgehead atoms. The average molecular weight is 335 g/mol. The number of primary amides is 1. The van der Waals surface area contributed by atoms with Gasteiger partial charge in [0.05, 0.1) is 26.5 Å². The molecule has 2 aromatic rings. The fraction of sp³-hybridized carbons (Fsp3) is 0.385. The van der Waals surface area contributed by atoms with Crippen LogP contribution in [0, 0.1) is 0 Å². The maximum atomic E-state index is 11.8. The van der Waals surface area contributed by atoms with Crippen LogP contribution in [0.15, 0.2) is 12.1 Å². The van der Waals surface area contributed by atoms with Crippen LogP contribution >= 0.6 is 34.8 Å². The predicted octanol–water partition coefficient (Wildman–Crippen LogP) is 3.86. The fourth-order valence-electron chi connectivity index (χ4n) is 2.06. The van der Waals surface area contributed by atoms with E-state index in [1.165, 1.54) is 0 Å². The van der Waals surface area contributed by atoms with Gasteiger partial charge in [-0.25, -0.2) is 4.98 Å². The number of carbonyl (C=O) groups excluding carboxylic acids is 1. The molecule has 4 nitrogen and oxygen atoms in total. The number of amides is 1. The molecule has 20 heavy (non-hydrogen) atoms. The first-order chi connectivity index (χ1) is 9.16. The molecule has 108 valence electrons. The summed E-state index contributed by atoms with van der Waals surface area (Å²) in [7, 11) is 0. The number of rotatable bonds is 3. The number of imidazole rings is 1. The minimum atomic E-state index is -0.982. The average Bonchev–Trinajstić information content (AvgIpc) is 2.68. The van der Waals surface area contributed by atoms with E-state index in [9.17, 15) is 4.79 Å². The Labute approximate surface area is 131 Å². The van der Waals surface area contributed by atoms with Crippen LogP contribution < -0.4 is 5.73 Å². The third-order valence-corrected chi connectivity index (χ3v) is 4.16. The lowest BCUT2D eigenvalue weighted by atomic mass is 10.0. The van der Waals surface area contributed by atoms with Crippen LogP contribution in [0.25, 0.3) is 11.0 Å². The highest BCUT2D eigenvalue weighted by molar-refractivity contribution is 6.42. The molecule has 0 aliphatic carbocycles. The van der Waals surface area contributed by atoms with Crippen molar-refractivity contribution in [3.63, 3.8) is 0 Å². The number of halogens is 3. The maximum Gasteiger partial charge on any atom is 0.243 e. The smallest absolute Gasteiger partial charge is 0.243 e. The van der Waals surface area contributed by atoms with Gasteiger partial charge in [-0.1, -0.05) is 23.2 Å². The number of hydrogen-bond donors (Lipinski definition) is 1. The van der Waals surface area contributed by atoms with Gasteiger partial charge >= 0.3 is 0 Å². The first-order valence-corrected chi connectivity index (χ1v) is 7.17. The van der Waals surface area contributed by atoms with E-state index in [0.29, 0.717) is 26.9 Å². The minimum Gasteiger partial charge on any atom is -0.368 e. The number of nitrogens with zero attached hydrogens (tertiary/aromatic N) is 2. The second-order valence-electron chi connectivity index (χ2n) is 5.10. The van der Waals surface area contributed by atoms with E-state index >= 15 is 0 Å². The summed E-state index contributed by atoms with van der Waals surface area (Å²) in [6.07, 6.45) is 0. The van der Waals surface area contributed by atoms with E-state index in [2.05, 4.69) is 4.98 Å². The van der Waals surface area contributed by atoms with E-state index in [1.54, 1.807) is 37.5 Å². The molecule has 1 unspecified atom stereocenters. The Morgan fingerprint density at radius 3 is 2.40 bits per heavy atom. The second-order valence-corrected chi connectivity index (χ2v) is 6.57. The van der Waals surface area contributed by atoms with E-state index in [-0.39, 0.29) is 0 Å². The predicted molar refractivity (Wildman–Crippen MR) is 82.5 cm³/mol. The third-order valence-electron chi connectivity index (χ3n) is 3.24. The van der Waals surface area contributed by atoms with Crippen molar-refractivity contribution in [3.05, 3.63) is 28.0 Å². The van der Waals surface area contributed by atoms with Gasteiger partial charge in [0, 0.05) is 0 Å². The molecule has 1 heterocycles. The summed E-state index contributed by atoms with van der Waals surface area (Å²) in [5, 5.41) is 0.391. The van der Waals surface area contributed by atoms with Gasteiger partial charge in [-0.3, -0.25) is 4.79 Å². The number of nitrogens with two attached hydrogens (primary N) is 1. The number of fused-ring (bicyclic) bond motifs is 1. The minimum absolute atomic E-state index is 0.384. The largest absolute Gasteiger partial charge is 0.368 e. The van der Waals surface area contributed by atoms with Crippen molar-refractivity contribution < 1.29 is 4.79 Å². The lowest BCUT2D eigenvalue weighted by Gasteiger charge is -2.26. The van der Waals surface area contributed by atoms with Crippen LogP contribution in [0.5, 0.6) is 0 Å². The zero-order valence-electron chi connectivity index (χ0n) is 11.2. The van der Waals surface area contributed by atoms with E-state index in [0.717, 1.165) is 0 Å². The molecule has 0 saturated heterocycles. The van der Waals surface area contributed by atoms with E-state index in [4.69, 9.17) is 40.5 Å². The van der Waals surface area contributed by atoms with Gasteiger partial charge in [0.25, 0.3) is 0 Å². The molecular weight excluding hydrogens is 321 g/mol. The van der Waals surface area contributed by atoms with Crippen molar-refractivity contribution >= 4 is 51.7 Å². The van der Waals surface area contributed by atoms with Gasteiger partial charge in [-0.05, 0) is 32.9 Å². The fourth-order valence-corrected chi connectivity index (χ4v) is 2.52. The van der Waals surface area contributed by atoms with Crippen LogP contribution in [0.4, 0.5) is 0 Å². The molecule has 0 fully saturated rings. The standard InChI is InChI=1S/C13H14Cl3N3O/c1-6(14)11-18-9-4-7(15)8(16)5-10(9)19(11)13(2,3)12(17)20/h4-6H,1-3H3,(H2,17,20). The lowest BCUT2D eigenvalue weighted by Crippen LogP contribution is -2.42. The number of alkyl halides is 1. The van der Waals surface area contributed by atoms with Crippen LogP contribution in [-0.4, -0.2) is 15.5 Å². The van der Waals surface area contributed by atoms with Crippen molar-refractivity contribution in [1.29, 1.82) is 0 Å². The summed E-state index contributed by atoms with van der Waals surface area (Å²) in [6, 6.07) is 3.31. The molecule has 0 aliphatic heterocycles. The summed E-state index contributed by atoms with van der Waals surface area (Å²) >= 11 is 18.2. The molecule has 1 amide bonds. The van der Waals surface area contributed by atoms with Crippen LogP contribution in [0.2, 0.25) is 10.0 Å². The Morgan fingerprint density at radius 1 is 1.35 bits per heavy atom. The monoisotopic (exact) mass is 333 g/mol. The topological polar surface area (TPSA) is 60.9 Å². The quantitative estimate of drug-likeness (QED) is 0.866. The second kappa shape index (κ2) is 5.10. The van der Waals surface area contributed by atoms with Crippen molar-refractivity contribution in [2.45, 2.75) is 31.7 Å². The van der Waals surface area contributed by atoms with Gasteiger partial charge in [0.15, 0.2) is 0 Å². The zero-order chi connectivity index (χ0) is 15.2. The first-order valence-electron chi connectivity index (χ1n) is 5.98. The molecule has 1 aromatic carbocycles.